The summed E-state index contributed by atoms with van der Waals surface area (Å²) in [5.41, 5.74) is 1.21. The number of ether oxygens (including phenoxy) is 1. The van der Waals surface area contributed by atoms with Crippen LogP contribution in [0.3, 0.4) is 0 Å². The van der Waals surface area contributed by atoms with Crippen LogP contribution in [0.5, 0.6) is 0 Å². The molecule has 33 heavy (non-hydrogen) atoms. The van der Waals surface area contributed by atoms with Crippen molar-refractivity contribution in [2.75, 3.05) is 51.6 Å². The second kappa shape index (κ2) is 11.0. The number of hydrogen-bond donors (Lipinski definition) is 1. The number of amides is 2. The number of nitrogens with zero attached hydrogens (tertiary/aromatic N) is 3. The van der Waals surface area contributed by atoms with Gasteiger partial charge < -0.3 is 14.5 Å². The van der Waals surface area contributed by atoms with Gasteiger partial charge in [-0.3, -0.25) is 15.0 Å². The number of benzene rings is 2. The van der Waals surface area contributed by atoms with E-state index in [-0.39, 0.29) is 5.91 Å². The molecule has 2 heterocycles. The van der Waals surface area contributed by atoms with E-state index in [4.69, 9.17) is 16.3 Å². The number of hydrogen-bond acceptors (Lipinski definition) is 5. The maximum Gasteiger partial charge on any atom is 0.412 e. The number of nitrogens with one attached hydrogen (secondary N) is 1. The third-order valence-corrected chi connectivity index (χ3v) is 6.72. The van der Waals surface area contributed by atoms with Gasteiger partial charge in [-0.1, -0.05) is 41.9 Å². The molecular formula is C25H31ClN4O3. The summed E-state index contributed by atoms with van der Waals surface area (Å²) in [6, 6.07) is 16.4. The Kier molecular flexibility index (Phi) is 7.85. The van der Waals surface area contributed by atoms with Crippen molar-refractivity contribution in [3.8, 4) is 0 Å². The van der Waals surface area contributed by atoms with Gasteiger partial charge in [-0.2, -0.15) is 0 Å². The Morgan fingerprint density at radius 2 is 1.58 bits per heavy atom. The summed E-state index contributed by atoms with van der Waals surface area (Å²) in [6.45, 7) is 5.67. The average molecular weight is 471 g/mol. The van der Waals surface area contributed by atoms with E-state index in [1.807, 2.05) is 35.2 Å². The van der Waals surface area contributed by atoms with Gasteiger partial charge in [0.1, 0.15) is 0 Å². The summed E-state index contributed by atoms with van der Waals surface area (Å²) < 4.78 is 5.65. The first-order chi connectivity index (χ1) is 16.0. The molecule has 1 atom stereocenters. The quantitative estimate of drug-likeness (QED) is 0.718. The molecule has 2 aromatic rings. The minimum absolute atomic E-state index is 0.177. The van der Waals surface area contributed by atoms with Crippen molar-refractivity contribution in [3.63, 3.8) is 0 Å². The Labute approximate surface area is 200 Å². The fourth-order valence-corrected chi connectivity index (χ4v) is 4.61. The molecule has 0 aliphatic carbocycles. The molecule has 0 bridgehead atoms. The van der Waals surface area contributed by atoms with Crippen LogP contribution in [0.25, 0.3) is 0 Å². The molecule has 2 aromatic carbocycles. The Hall–Kier alpha value is -2.61. The first kappa shape index (κ1) is 23.5. The summed E-state index contributed by atoms with van der Waals surface area (Å²) >= 11 is 5.91. The third-order valence-electron chi connectivity index (χ3n) is 6.47. The minimum atomic E-state index is -0.987. The van der Waals surface area contributed by atoms with E-state index in [1.54, 1.807) is 24.3 Å². The molecule has 0 unspecified atom stereocenters. The van der Waals surface area contributed by atoms with Gasteiger partial charge in [0.05, 0.1) is 0 Å². The number of likely N-dealkylation sites (tertiary alicyclic amines) is 1. The standard InChI is InChI=1S/C25H31ClN4O3/c1-28-15-17-29(18-16-28)22-11-13-30(14-12-22)24(31)23(19-5-3-2-4-6-19)33-25(32)27-21-9-7-20(26)8-10-21/h2-10,22-23H,11-18H2,1H3,(H,27,32)/t23-/m1/s1. The van der Waals surface area contributed by atoms with Crippen molar-refractivity contribution < 1.29 is 14.3 Å². The van der Waals surface area contributed by atoms with Crippen LogP contribution >= 0.6 is 11.6 Å². The molecule has 2 fully saturated rings. The van der Waals surface area contributed by atoms with Crippen LogP contribution < -0.4 is 5.32 Å². The highest BCUT2D eigenvalue weighted by Crippen LogP contribution is 2.25. The Bertz CT molecular complexity index is 924. The number of halogens is 1. The van der Waals surface area contributed by atoms with Crippen molar-refractivity contribution in [1.29, 1.82) is 0 Å². The molecule has 2 aliphatic rings. The van der Waals surface area contributed by atoms with Gasteiger partial charge in [-0.15, -0.1) is 0 Å². The van der Waals surface area contributed by atoms with E-state index in [1.165, 1.54) is 0 Å². The summed E-state index contributed by atoms with van der Waals surface area (Å²) in [7, 11) is 2.16. The van der Waals surface area contributed by atoms with Crippen LogP contribution in [0.1, 0.15) is 24.5 Å². The number of rotatable bonds is 5. The second-order valence-corrected chi connectivity index (χ2v) is 9.16. The van der Waals surface area contributed by atoms with Gasteiger partial charge in [-0.25, -0.2) is 4.79 Å². The summed E-state index contributed by atoms with van der Waals surface area (Å²) in [4.78, 5) is 32.8. The number of anilines is 1. The highest BCUT2D eigenvalue weighted by molar-refractivity contribution is 6.30. The SMILES string of the molecule is CN1CCN(C2CCN(C(=O)[C@H](OC(=O)Nc3ccc(Cl)cc3)c3ccccc3)CC2)CC1. The minimum Gasteiger partial charge on any atom is -0.431 e. The lowest BCUT2D eigenvalue weighted by molar-refractivity contribution is -0.142. The number of piperazine rings is 1. The Balaban J connectivity index is 1.39. The molecule has 2 amide bonds. The highest BCUT2D eigenvalue weighted by atomic mass is 35.5. The van der Waals surface area contributed by atoms with Crippen LogP contribution in [-0.2, 0) is 9.53 Å². The molecule has 0 radical (unpaired) electrons. The van der Waals surface area contributed by atoms with Crippen molar-refractivity contribution in [2.45, 2.75) is 25.0 Å². The fourth-order valence-electron chi connectivity index (χ4n) is 4.48. The van der Waals surface area contributed by atoms with Gasteiger partial charge in [0.15, 0.2) is 0 Å². The molecule has 7 nitrogen and oxygen atoms in total. The number of carbonyl (C=O) groups is 2. The lowest BCUT2D eigenvalue weighted by Crippen LogP contribution is -2.53. The number of piperidine rings is 1. The Morgan fingerprint density at radius 3 is 2.21 bits per heavy atom. The zero-order valence-corrected chi connectivity index (χ0v) is 19.7. The Morgan fingerprint density at radius 1 is 0.939 bits per heavy atom. The van der Waals surface area contributed by atoms with Gasteiger partial charge in [0.2, 0.25) is 6.10 Å². The molecule has 4 rings (SSSR count). The molecule has 8 heteroatoms. The number of carbonyl (C=O) groups excluding carboxylic acids is 2. The summed E-state index contributed by atoms with van der Waals surface area (Å²) in [6.07, 6.45) is 0.215. The predicted molar refractivity (Wildman–Crippen MR) is 129 cm³/mol. The monoisotopic (exact) mass is 470 g/mol. The van der Waals surface area contributed by atoms with E-state index < -0.39 is 12.2 Å². The smallest absolute Gasteiger partial charge is 0.412 e. The molecule has 1 N–H and O–H groups in total. The van der Waals surface area contributed by atoms with Crippen LogP contribution in [0.2, 0.25) is 5.02 Å². The lowest BCUT2D eigenvalue weighted by atomic mass is 10.0. The lowest BCUT2D eigenvalue weighted by Gasteiger charge is -2.42. The van der Waals surface area contributed by atoms with Crippen LogP contribution in [-0.4, -0.2) is 79.1 Å². The molecular weight excluding hydrogens is 440 g/mol. The molecule has 2 aliphatic heterocycles. The van der Waals surface area contributed by atoms with E-state index in [9.17, 15) is 9.59 Å². The van der Waals surface area contributed by atoms with E-state index >= 15 is 0 Å². The molecule has 0 aromatic heterocycles. The van der Waals surface area contributed by atoms with Gasteiger partial charge >= 0.3 is 6.09 Å². The molecule has 2 saturated heterocycles. The predicted octanol–water partition coefficient (Wildman–Crippen LogP) is 3.87. The topological polar surface area (TPSA) is 65.1 Å². The van der Waals surface area contributed by atoms with Gasteiger partial charge in [0.25, 0.3) is 5.91 Å². The maximum atomic E-state index is 13.4. The van der Waals surface area contributed by atoms with Crippen molar-refractivity contribution in [2.24, 2.45) is 0 Å². The number of likely N-dealkylation sites (N-methyl/N-ethyl adjacent to an activating group) is 1. The zero-order chi connectivity index (χ0) is 23.2. The molecule has 0 saturated carbocycles. The van der Waals surface area contributed by atoms with Crippen molar-refractivity contribution >= 4 is 29.3 Å². The summed E-state index contributed by atoms with van der Waals surface area (Å²) in [5, 5.41) is 3.25. The van der Waals surface area contributed by atoms with Crippen LogP contribution in [0, 0.1) is 0 Å². The van der Waals surface area contributed by atoms with Crippen molar-refractivity contribution in [1.82, 2.24) is 14.7 Å². The third kappa shape index (κ3) is 6.25. The first-order valence-electron chi connectivity index (χ1n) is 11.5. The van der Waals surface area contributed by atoms with E-state index in [2.05, 4.69) is 22.2 Å². The second-order valence-electron chi connectivity index (χ2n) is 8.72. The fraction of sp³-hybridized carbons (Fsp3) is 0.440. The maximum absolute atomic E-state index is 13.4. The van der Waals surface area contributed by atoms with Crippen LogP contribution in [0.4, 0.5) is 10.5 Å². The summed E-state index contributed by atoms with van der Waals surface area (Å²) in [5.74, 6) is -0.177. The highest BCUT2D eigenvalue weighted by Gasteiger charge is 2.34. The zero-order valence-electron chi connectivity index (χ0n) is 19.0. The van der Waals surface area contributed by atoms with E-state index in [0.717, 1.165) is 39.0 Å². The van der Waals surface area contributed by atoms with Crippen molar-refractivity contribution in [3.05, 3.63) is 65.2 Å². The molecule has 176 valence electrons. The molecule has 0 spiro atoms. The van der Waals surface area contributed by atoms with E-state index in [0.29, 0.717) is 35.4 Å². The average Bonchev–Trinajstić information content (AvgIpc) is 2.85. The van der Waals surface area contributed by atoms with Gasteiger partial charge in [0, 0.05) is 61.6 Å². The van der Waals surface area contributed by atoms with Gasteiger partial charge in [-0.05, 0) is 44.2 Å². The van der Waals surface area contributed by atoms with Crippen LogP contribution in [0.15, 0.2) is 54.6 Å². The first-order valence-corrected chi connectivity index (χ1v) is 11.9. The normalized spacial score (nSPS) is 19.2. The largest absolute Gasteiger partial charge is 0.431 e.